The van der Waals surface area contributed by atoms with Gasteiger partial charge in [-0.3, -0.25) is 9.59 Å². The number of rotatable bonds is 5. The lowest BCUT2D eigenvalue weighted by Gasteiger charge is -2.26. The molecule has 0 fully saturated rings. The first-order valence-corrected chi connectivity index (χ1v) is 9.44. The zero-order valence-corrected chi connectivity index (χ0v) is 15.0. The summed E-state index contributed by atoms with van der Waals surface area (Å²) in [6.45, 7) is 1.32. The number of carbonyl (C=O) groups is 2. The zero-order chi connectivity index (χ0) is 17.9. The predicted octanol–water partition coefficient (Wildman–Crippen LogP) is 2.54. The van der Waals surface area contributed by atoms with Crippen LogP contribution in [0, 0.1) is 0 Å². The van der Waals surface area contributed by atoms with E-state index in [1.807, 2.05) is 18.2 Å². The summed E-state index contributed by atoms with van der Waals surface area (Å²) in [5.74, 6) is 0.906. The predicted molar refractivity (Wildman–Crippen MR) is 95.3 cm³/mol. The number of amides is 1. The van der Waals surface area contributed by atoms with E-state index in [4.69, 9.17) is 14.2 Å². The molecular formula is C19H19NO5S. The van der Waals surface area contributed by atoms with Crippen molar-refractivity contribution in [2.75, 3.05) is 19.9 Å². The van der Waals surface area contributed by atoms with Crippen LogP contribution < -0.4 is 9.47 Å². The fourth-order valence-corrected chi connectivity index (χ4v) is 4.00. The molecule has 4 rings (SSSR count). The van der Waals surface area contributed by atoms with E-state index < -0.39 is 0 Å². The van der Waals surface area contributed by atoms with Crippen molar-refractivity contribution in [2.45, 2.75) is 25.8 Å². The fourth-order valence-electron chi connectivity index (χ4n) is 3.11. The molecular weight excluding hydrogens is 354 g/mol. The van der Waals surface area contributed by atoms with Gasteiger partial charge in [-0.05, 0) is 47.5 Å². The largest absolute Gasteiger partial charge is 0.456 e. The van der Waals surface area contributed by atoms with E-state index in [0.29, 0.717) is 25.3 Å². The number of hydrogen-bond donors (Lipinski definition) is 0. The van der Waals surface area contributed by atoms with Crippen LogP contribution in [0.4, 0.5) is 0 Å². The molecule has 1 aromatic carbocycles. The van der Waals surface area contributed by atoms with E-state index in [2.05, 4.69) is 11.4 Å². The van der Waals surface area contributed by atoms with Crippen LogP contribution in [-0.2, 0) is 33.7 Å². The van der Waals surface area contributed by atoms with Gasteiger partial charge in [0.1, 0.15) is 0 Å². The maximum absolute atomic E-state index is 12.3. The number of hydrogen-bond acceptors (Lipinski definition) is 6. The summed E-state index contributed by atoms with van der Waals surface area (Å²) in [6, 6.07) is 7.66. The average Bonchev–Trinajstić information content (AvgIpc) is 3.32. The topological polar surface area (TPSA) is 65.1 Å². The van der Waals surface area contributed by atoms with Gasteiger partial charge in [0.2, 0.25) is 6.79 Å². The summed E-state index contributed by atoms with van der Waals surface area (Å²) in [7, 11) is 0. The van der Waals surface area contributed by atoms with Crippen LogP contribution in [0.5, 0.6) is 11.5 Å². The summed E-state index contributed by atoms with van der Waals surface area (Å²) in [4.78, 5) is 27.3. The Labute approximate surface area is 155 Å². The van der Waals surface area contributed by atoms with E-state index in [1.54, 1.807) is 16.2 Å². The van der Waals surface area contributed by atoms with Crippen LogP contribution in [0.3, 0.4) is 0 Å². The molecule has 7 heteroatoms. The van der Waals surface area contributed by atoms with Crippen molar-refractivity contribution in [3.05, 3.63) is 45.6 Å². The number of nitrogens with zero attached hydrogens (tertiary/aromatic N) is 1. The van der Waals surface area contributed by atoms with Gasteiger partial charge in [0.15, 0.2) is 18.1 Å². The van der Waals surface area contributed by atoms with Crippen molar-refractivity contribution < 1.29 is 23.8 Å². The molecule has 0 atom stereocenters. The molecule has 0 spiro atoms. The monoisotopic (exact) mass is 373 g/mol. The fraction of sp³-hybridized carbons (Fsp3) is 0.368. The summed E-state index contributed by atoms with van der Waals surface area (Å²) >= 11 is 1.73. The van der Waals surface area contributed by atoms with Crippen LogP contribution >= 0.6 is 11.3 Å². The van der Waals surface area contributed by atoms with E-state index in [0.717, 1.165) is 17.7 Å². The van der Waals surface area contributed by atoms with Gasteiger partial charge in [-0.15, -0.1) is 11.3 Å². The normalized spacial score (nSPS) is 14.8. The summed E-state index contributed by atoms with van der Waals surface area (Å²) in [5, 5.41) is 2.05. The van der Waals surface area contributed by atoms with Crippen molar-refractivity contribution in [2.24, 2.45) is 0 Å². The highest BCUT2D eigenvalue weighted by molar-refractivity contribution is 7.10. The van der Waals surface area contributed by atoms with Crippen molar-refractivity contribution in [3.63, 3.8) is 0 Å². The van der Waals surface area contributed by atoms with Crippen LogP contribution in [-0.4, -0.2) is 36.7 Å². The number of fused-ring (bicyclic) bond motifs is 2. The van der Waals surface area contributed by atoms with Gasteiger partial charge in [-0.1, -0.05) is 6.07 Å². The van der Waals surface area contributed by atoms with Crippen LogP contribution in [0.1, 0.15) is 22.4 Å². The molecule has 0 aliphatic carbocycles. The molecule has 3 heterocycles. The second-order valence-corrected chi connectivity index (χ2v) is 7.28. The van der Waals surface area contributed by atoms with Crippen molar-refractivity contribution in [3.8, 4) is 11.5 Å². The number of benzene rings is 1. The van der Waals surface area contributed by atoms with E-state index in [9.17, 15) is 9.59 Å². The SMILES string of the molecule is O=C(CCc1ccc2c(c1)OCO2)OCC(=O)N1CCc2sccc2C1. The van der Waals surface area contributed by atoms with Crippen molar-refractivity contribution in [1.29, 1.82) is 0 Å². The molecule has 1 aromatic heterocycles. The Morgan fingerprint density at radius 3 is 3.00 bits per heavy atom. The minimum Gasteiger partial charge on any atom is -0.456 e. The minimum atomic E-state index is -0.371. The van der Waals surface area contributed by atoms with Gasteiger partial charge in [0.25, 0.3) is 5.91 Å². The molecule has 1 amide bonds. The van der Waals surface area contributed by atoms with Gasteiger partial charge in [0.05, 0.1) is 0 Å². The first-order valence-electron chi connectivity index (χ1n) is 8.56. The molecule has 2 aromatic rings. The quantitative estimate of drug-likeness (QED) is 0.754. The molecule has 0 bridgehead atoms. The number of esters is 1. The zero-order valence-electron chi connectivity index (χ0n) is 14.2. The highest BCUT2D eigenvalue weighted by Crippen LogP contribution is 2.32. The molecule has 0 unspecified atom stereocenters. The lowest BCUT2D eigenvalue weighted by atomic mass is 10.1. The summed E-state index contributed by atoms with van der Waals surface area (Å²) in [5.41, 5.74) is 2.17. The Hall–Kier alpha value is -2.54. The van der Waals surface area contributed by atoms with Crippen molar-refractivity contribution >= 4 is 23.2 Å². The van der Waals surface area contributed by atoms with Gasteiger partial charge < -0.3 is 19.1 Å². The Morgan fingerprint density at radius 1 is 1.19 bits per heavy atom. The standard InChI is InChI=1S/C19H19NO5S/c21-18(20-7-5-17-14(10-20)6-8-26-17)11-23-19(22)4-2-13-1-3-15-16(9-13)25-12-24-15/h1,3,6,8-9H,2,4-5,7,10-12H2. The summed E-state index contributed by atoms with van der Waals surface area (Å²) < 4.78 is 15.7. The van der Waals surface area contributed by atoms with Crippen LogP contribution in [0.2, 0.25) is 0 Å². The highest BCUT2D eigenvalue weighted by atomic mass is 32.1. The first-order chi connectivity index (χ1) is 12.7. The second-order valence-electron chi connectivity index (χ2n) is 6.28. The maximum Gasteiger partial charge on any atom is 0.306 e. The summed E-state index contributed by atoms with van der Waals surface area (Å²) in [6.07, 6.45) is 1.63. The Morgan fingerprint density at radius 2 is 2.08 bits per heavy atom. The number of thiophene rings is 1. The molecule has 26 heavy (non-hydrogen) atoms. The first kappa shape index (κ1) is 16.9. The molecule has 0 saturated heterocycles. The van der Waals surface area contributed by atoms with Crippen LogP contribution in [0.25, 0.3) is 0 Å². The third-order valence-corrected chi connectivity index (χ3v) is 5.59. The molecule has 0 N–H and O–H groups in total. The van der Waals surface area contributed by atoms with Crippen molar-refractivity contribution in [1.82, 2.24) is 4.90 Å². The molecule has 136 valence electrons. The molecule has 6 nitrogen and oxygen atoms in total. The van der Waals surface area contributed by atoms with E-state index in [-0.39, 0.29) is 31.7 Å². The highest BCUT2D eigenvalue weighted by Gasteiger charge is 2.22. The number of ether oxygens (including phenoxy) is 3. The Kier molecular flexibility index (Phi) is 4.79. The van der Waals surface area contributed by atoms with Gasteiger partial charge >= 0.3 is 5.97 Å². The van der Waals surface area contributed by atoms with Gasteiger partial charge in [-0.25, -0.2) is 0 Å². The minimum absolute atomic E-state index is 0.140. The Bertz CT molecular complexity index is 831. The van der Waals surface area contributed by atoms with E-state index in [1.165, 1.54) is 10.4 Å². The maximum atomic E-state index is 12.3. The third-order valence-electron chi connectivity index (χ3n) is 4.57. The molecule has 0 radical (unpaired) electrons. The number of aryl methyl sites for hydroxylation is 1. The van der Waals surface area contributed by atoms with Crippen LogP contribution in [0.15, 0.2) is 29.6 Å². The molecule has 2 aliphatic rings. The average molecular weight is 373 g/mol. The molecule has 2 aliphatic heterocycles. The Balaban J connectivity index is 1.22. The number of carbonyl (C=O) groups excluding carboxylic acids is 2. The smallest absolute Gasteiger partial charge is 0.306 e. The third kappa shape index (κ3) is 3.67. The van der Waals surface area contributed by atoms with E-state index >= 15 is 0 Å². The lowest BCUT2D eigenvalue weighted by molar-refractivity contribution is -0.152. The van der Waals surface area contributed by atoms with Gasteiger partial charge in [0, 0.05) is 24.4 Å². The molecule has 0 saturated carbocycles. The van der Waals surface area contributed by atoms with Gasteiger partial charge in [-0.2, -0.15) is 0 Å². The lowest BCUT2D eigenvalue weighted by Crippen LogP contribution is -2.38. The second kappa shape index (κ2) is 7.37.